The van der Waals surface area contributed by atoms with Crippen LogP contribution in [0.4, 0.5) is 0 Å². The second-order valence-electron chi connectivity index (χ2n) is 5.76. The lowest BCUT2D eigenvalue weighted by molar-refractivity contribution is -0.137. The van der Waals surface area contributed by atoms with Gasteiger partial charge in [0.05, 0.1) is 5.25 Å². The first kappa shape index (κ1) is 16.4. The topological polar surface area (TPSA) is 80.5 Å². The van der Waals surface area contributed by atoms with Crippen LogP contribution in [-0.4, -0.2) is 50.4 Å². The Kier molecular flexibility index (Phi) is 5.38. The molecule has 112 valence electrons. The van der Waals surface area contributed by atoms with Gasteiger partial charge in [0.1, 0.15) is 0 Å². The van der Waals surface area contributed by atoms with Gasteiger partial charge >= 0.3 is 0 Å². The van der Waals surface area contributed by atoms with Gasteiger partial charge in [-0.1, -0.05) is 6.42 Å². The Morgan fingerprint density at radius 1 is 1.37 bits per heavy atom. The molecule has 0 aromatic heterocycles. The number of nitrogens with two attached hydrogens (primary N) is 1. The zero-order chi connectivity index (χ0) is 14.8. The normalized spacial score (nSPS) is 27.0. The number of amides is 1. The lowest BCUT2D eigenvalue weighted by atomic mass is 9.94. The van der Waals surface area contributed by atoms with Gasteiger partial charge in [0.25, 0.3) is 0 Å². The quantitative estimate of drug-likeness (QED) is 0.806. The molecule has 0 aromatic carbocycles. The van der Waals surface area contributed by atoms with Crippen molar-refractivity contribution in [3.63, 3.8) is 0 Å². The molecule has 4 atom stereocenters. The van der Waals surface area contributed by atoms with E-state index in [1.54, 1.807) is 25.8 Å². The summed E-state index contributed by atoms with van der Waals surface area (Å²) in [5.74, 6) is 0.246. The number of carbonyl (C=O) groups excluding carboxylic acids is 1. The molecule has 0 heterocycles. The van der Waals surface area contributed by atoms with E-state index in [1.807, 2.05) is 0 Å². The van der Waals surface area contributed by atoms with Crippen molar-refractivity contribution in [1.29, 1.82) is 0 Å². The molecule has 1 aliphatic rings. The van der Waals surface area contributed by atoms with Crippen molar-refractivity contribution in [3.05, 3.63) is 0 Å². The van der Waals surface area contributed by atoms with Crippen molar-refractivity contribution < 1.29 is 13.2 Å². The third kappa shape index (κ3) is 3.69. The highest BCUT2D eigenvalue weighted by Crippen LogP contribution is 2.32. The smallest absolute Gasteiger partial charge is 0.226 e. The molecule has 19 heavy (non-hydrogen) atoms. The Hall–Kier alpha value is -0.620. The molecule has 0 aromatic rings. The minimum atomic E-state index is -3.14. The van der Waals surface area contributed by atoms with E-state index in [9.17, 15) is 13.2 Å². The van der Waals surface area contributed by atoms with Gasteiger partial charge in [0.15, 0.2) is 9.84 Å². The van der Waals surface area contributed by atoms with Crippen LogP contribution in [0.15, 0.2) is 0 Å². The first-order valence-corrected chi connectivity index (χ1v) is 8.81. The third-order valence-corrected chi connectivity index (χ3v) is 6.34. The van der Waals surface area contributed by atoms with E-state index in [1.165, 1.54) is 6.26 Å². The van der Waals surface area contributed by atoms with E-state index >= 15 is 0 Å². The molecule has 1 rings (SSSR count). The molecule has 1 aliphatic carbocycles. The number of carbonyl (C=O) groups is 1. The van der Waals surface area contributed by atoms with Crippen LogP contribution in [0.5, 0.6) is 0 Å². The lowest BCUT2D eigenvalue weighted by Crippen LogP contribution is -2.47. The Balaban J connectivity index is 2.77. The van der Waals surface area contributed by atoms with Crippen molar-refractivity contribution in [3.8, 4) is 0 Å². The summed E-state index contributed by atoms with van der Waals surface area (Å²) in [5, 5.41) is -0.556. The highest BCUT2D eigenvalue weighted by Gasteiger charge is 2.37. The van der Waals surface area contributed by atoms with Crippen LogP contribution in [-0.2, 0) is 14.6 Å². The van der Waals surface area contributed by atoms with Gasteiger partial charge in [-0.25, -0.2) is 8.42 Å². The Morgan fingerprint density at radius 2 is 1.95 bits per heavy atom. The van der Waals surface area contributed by atoms with Crippen molar-refractivity contribution in [2.45, 2.75) is 44.4 Å². The fraction of sp³-hybridized carbons (Fsp3) is 0.923. The second kappa shape index (κ2) is 6.22. The fourth-order valence-electron chi connectivity index (χ4n) is 2.78. The van der Waals surface area contributed by atoms with Crippen LogP contribution >= 0.6 is 0 Å². The van der Waals surface area contributed by atoms with Crippen molar-refractivity contribution in [1.82, 2.24) is 4.90 Å². The molecule has 1 amide bonds. The number of rotatable bonds is 5. The molecule has 1 saturated carbocycles. The van der Waals surface area contributed by atoms with Crippen molar-refractivity contribution >= 4 is 15.7 Å². The molecule has 2 N–H and O–H groups in total. The molecular weight excluding hydrogens is 264 g/mol. The van der Waals surface area contributed by atoms with E-state index in [0.717, 1.165) is 19.3 Å². The van der Waals surface area contributed by atoms with E-state index in [4.69, 9.17) is 5.73 Å². The van der Waals surface area contributed by atoms with Gasteiger partial charge in [-0.15, -0.1) is 0 Å². The first-order valence-electron chi connectivity index (χ1n) is 6.85. The SMILES string of the molecule is CC(C(C)S(C)(=O)=O)N(C)C(=O)[C@@H]1CCC[C@@H]1CN. The van der Waals surface area contributed by atoms with Crippen LogP contribution < -0.4 is 5.73 Å². The van der Waals surface area contributed by atoms with Crippen molar-refractivity contribution in [2.24, 2.45) is 17.6 Å². The van der Waals surface area contributed by atoms with Crippen LogP contribution in [0.25, 0.3) is 0 Å². The standard InChI is InChI=1S/C13H26N2O3S/c1-9(10(2)19(4,17)18)15(3)13(16)12-7-5-6-11(12)8-14/h9-12H,5-8,14H2,1-4H3/t9?,10?,11-,12-/m1/s1. The maximum absolute atomic E-state index is 12.5. The summed E-state index contributed by atoms with van der Waals surface area (Å²) in [6, 6.07) is -0.318. The Labute approximate surface area is 116 Å². The monoisotopic (exact) mass is 290 g/mol. The molecule has 0 radical (unpaired) electrons. The molecule has 0 aliphatic heterocycles. The minimum Gasteiger partial charge on any atom is -0.342 e. The van der Waals surface area contributed by atoms with Gasteiger partial charge < -0.3 is 10.6 Å². The molecule has 5 nitrogen and oxygen atoms in total. The van der Waals surface area contributed by atoms with Gasteiger partial charge in [-0.05, 0) is 39.2 Å². The van der Waals surface area contributed by atoms with Crippen molar-refractivity contribution in [2.75, 3.05) is 19.8 Å². The summed E-state index contributed by atoms with van der Waals surface area (Å²) >= 11 is 0. The third-order valence-electron chi connectivity index (χ3n) is 4.59. The molecular formula is C13H26N2O3S. The van der Waals surface area contributed by atoms with E-state index in [0.29, 0.717) is 6.54 Å². The minimum absolute atomic E-state index is 0.0378. The number of hydrogen-bond acceptors (Lipinski definition) is 4. The highest BCUT2D eigenvalue weighted by atomic mass is 32.2. The molecule has 0 spiro atoms. The molecule has 0 saturated heterocycles. The summed E-state index contributed by atoms with van der Waals surface area (Å²) in [7, 11) is -1.45. The number of hydrogen-bond donors (Lipinski definition) is 1. The summed E-state index contributed by atoms with van der Waals surface area (Å²) in [4.78, 5) is 14.1. The van der Waals surface area contributed by atoms with Crippen LogP contribution in [0.1, 0.15) is 33.1 Å². The summed E-state index contributed by atoms with van der Waals surface area (Å²) < 4.78 is 23.2. The van der Waals surface area contributed by atoms with Crippen LogP contribution in [0, 0.1) is 11.8 Å². The zero-order valence-corrected chi connectivity index (χ0v) is 13.1. The predicted octanol–water partition coefficient (Wildman–Crippen LogP) is 0.641. The van der Waals surface area contributed by atoms with E-state index in [2.05, 4.69) is 0 Å². The lowest BCUT2D eigenvalue weighted by Gasteiger charge is -2.32. The summed E-state index contributed by atoms with van der Waals surface area (Å²) in [6.07, 6.45) is 4.11. The largest absolute Gasteiger partial charge is 0.342 e. The average molecular weight is 290 g/mol. The Bertz CT molecular complexity index is 422. The molecule has 2 unspecified atom stereocenters. The van der Waals surface area contributed by atoms with E-state index < -0.39 is 15.1 Å². The first-order chi connectivity index (χ1) is 8.70. The molecule has 6 heteroatoms. The van der Waals surface area contributed by atoms with Gasteiger partial charge in [-0.2, -0.15) is 0 Å². The second-order valence-corrected chi connectivity index (χ2v) is 8.16. The van der Waals surface area contributed by atoms with Crippen LogP contribution in [0.3, 0.4) is 0 Å². The molecule has 0 bridgehead atoms. The number of sulfone groups is 1. The zero-order valence-electron chi connectivity index (χ0n) is 12.3. The summed E-state index contributed by atoms with van der Waals surface area (Å²) in [6.45, 7) is 3.97. The maximum atomic E-state index is 12.5. The fourth-order valence-corrected chi connectivity index (χ4v) is 3.68. The average Bonchev–Trinajstić information content (AvgIpc) is 2.82. The Morgan fingerprint density at radius 3 is 2.42 bits per heavy atom. The van der Waals surface area contributed by atoms with E-state index in [-0.39, 0.29) is 23.8 Å². The highest BCUT2D eigenvalue weighted by molar-refractivity contribution is 7.91. The predicted molar refractivity (Wildman–Crippen MR) is 76.4 cm³/mol. The molecule has 1 fully saturated rings. The van der Waals surface area contributed by atoms with Gasteiger partial charge in [0, 0.05) is 25.3 Å². The maximum Gasteiger partial charge on any atom is 0.226 e. The van der Waals surface area contributed by atoms with Gasteiger partial charge in [-0.3, -0.25) is 4.79 Å². The summed E-state index contributed by atoms with van der Waals surface area (Å²) in [5.41, 5.74) is 5.70. The van der Waals surface area contributed by atoms with Gasteiger partial charge in [0.2, 0.25) is 5.91 Å². The van der Waals surface area contributed by atoms with Crippen LogP contribution in [0.2, 0.25) is 0 Å². The number of nitrogens with zero attached hydrogens (tertiary/aromatic N) is 1.